The second-order valence-electron chi connectivity index (χ2n) is 8.60. The standard InChI is InChI=1S/C24H29BrN4O/c1-17(2)12-14-28(24(30)18-7-5-8-19(25)15-18)16-22-27-21-11-6-13-26-23(21)29(22)20-9-3-4-10-20/h5-8,11,13,15,17,20H,3-4,9-10,12,14,16H2,1-2H3. The van der Waals surface area contributed by atoms with Crippen LogP contribution in [0.3, 0.4) is 0 Å². The molecule has 2 aromatic heterocycles. The summed E-state index contributed by atoms with van der Waals surface area (Å²) in [5.41, 5.74) is 2.56. The van der Waals surface area contributed by atoms with E-state index >= 15 is 0 Å². The summed E-state index contributed by atoms with van der Waals surface area (Å²) in [7, 11) is 0. The topological polar surface area (TPSA) is 51.0 Å². The summed E-state index contributed by atoms with van der Waals surface area (Å²) in [6.45, 7) is 5.61. The van der Waals surface area contributed by atoms with Crippen LogP contribution >= 0.6 is 15.9 Å². The molecule has 0 spiro atoms. The van der Waals surface area contributed by atoms with Gasteiger partial charge in [0.25, 0.3) is 5.91 Å². The number of aromatic nitrogens is 3. The molecule has 2 heterocycles. The van der Waals surface area contributed by atoms with Gasteiger partial charge in [0.05, 0.1) is 6.54 Å². The molecule has 1 amide bonds. The third-order valence-electron chi connectivity index (χ3n) is 5.88. The number of benzene rings is 1. The summed E-state index contributed by atoms with van der Waals surface area (Å²) in [6, 6.07) is 12.0. The molecule has 0 atom stereocenters. The molecule has 0 unspecified atom stereocenters. The van der Waals surface area contributed by atoms with Crippen molar-refractivity contribution in [1.82, 2.24) is 19.4 Å². The van der Waals surface area contributed by atoms with E-state index in [2.05, 4.69) is 39.3 Å². The van der Waals surface area contributed by atoms with E-state index in [1.807, 2.05) is 47.5 Å². The highest BCUT2D eigenvalue weighted by atomic mass is 79.9. The van der Waals surface area contributed by atoms with E-state index in [0.717, 1.165) is 40.7 Å². The Morgan fingerprint density at radius 2 is 2.03 bits per heavy atom. The van der Waals surface area contributed by atoms with Crippen molar-refractivity contribution in [3.63, 3.8) is 0 Å². The van der Waals surface area contributed by atoms with E-state index in [0.29, 0.717) is 30.6 Å². The van der Waals surface area contributed by atoms with Gasteiger partial charge >= 0.3 is 0 Å². The smallest absolute Gasteiger partial charge is 0.254 e. The molecule has 0 bridgehead atoms. The maximum atomic E-state index is 13.4. The zero-order chi connectivity index (χ0) is 21.1. The number of pyridine rings is 1. The lowest BCUT2D eigenvalue weighted by molar-refractivity contribution is 0.0728. The molecule has 1 fully saturated rings. The van der Waals surface area contributed by atoms with E-state index in [4.69, 9.17) is 4.98 Å². The Hall–Kier alpha value is -2.21. The van der Waals surface area contributed by atoms with Crippen molar-refractivity contribution in [3.8, 4) is 0 Å². The first-order chi connectivity index (χ1) is 14.5. The SMILES string of the molecule is CC(C)CCN(Cc1nc2cccnc2n1C1CCCC1)C(=O)c1cccc(Br)c1. The summed E-state index contributed by atoms with van der Waals surface area (Å²) in [5, 5.41) is 0. The van der Waals surface area contributed by atoms with Crippen molar-refractivity contribution in [2.45, 2.75) is 58.5 Å². The maximum Gasteiger partial charge on any atom is 0.254 e. The third kappa shape index (κ3) is 4.59. The summed E-state index contributed by atoms with van der Waals surface area (Å²) in [4.78, 5) is 24.9. The molecule has 1 saturated carbocycles. The molecule has 0 saturated heterocycles. The minimum Gasteiger partial charge on any atom is -0.331 e. The van der Waals surface area contributed by atoms with Gasteiger partial charge in [-0.3, -0.25) is 4.79 Å². The van der Waals surface area contributed by atoms with Crippen molar-refractivity contribution < 1.29 is 4.79 Å². The van der Waals surface area contributed by atoms with E-state index in [1.165, 1.54) is 12.8 Å². The lowest BCUT2D eigenvalue weighted by atomic mass is 10.1. The normalized spacial score (nSPS) is 14.7. The Kier molecular flexibility index (Phi) is 6.52. The number of hydrogen-bond acceptors (Lipinski definition) is 3. The van der Waals surface area contributed by atoms with E-state index in [-0.39, 0.29) is 5.91 Å². The molecule has 1 aliphatic rings. The molecule has 5 nitrogen and oxygen atoms in total. The molecule has 158 valence electrons. The number of halogens is 1. The van der Waals surface area contributed by atoms with Gasteiger partial charge in [0.1, 0.15) is 11.3 Å². The summed E-state index contributed by atoms with van der Waals surface area (Å²) in [5.74, 6) is 1.52. The van der Waals surface area contributed by atoms with Gasteiger partial charge in [-0.25, -0.2) is 9.97 Å². The molecule has 1 aliphatic carbocycles. The predicted octanol–water partition coefficient (Wildman–Crippen LogP) is 6.00. The fraction of sp³-hybridized carbons (Fsp3) is 0.458. The zero-order valence-electron chi connectivity index (χ0n) is 17.7. The van der Waals surface area contributed by atoms with Crippen LogP contribution in [0.15, 0.2) is 47.1 Å². The molecule has 1 aromatic carbocycles. The van der Waals surface area contributed by atoms with Gasteiger partial charge in [0, 0.05) is 28.8 Å². The lowest BCUT2D eigenvalue weighted by Gasteiger charge is -2.25. The quantitative estimate of drug-likeness (QED) is 0.427. The second-order valence-corrected chi connectivity index (χ2v) is 9.52. The summed E-state index contributed by atoms with van der Waals surface area (Å²) < 4.78 is 3.22. The van der Waals surface area contributed by atoms with Crippen LogP contribution in [0.25, 0.3) is 11.2 Å². The highest BCUT2D eigenvalue weighted by Gasteiger charge is 2.26. The Bertz CT molecular complexity index is 1020. The van der Waals surface area contributed by atoms with Gasteiger partial charge in [-0.2, -0.15) is 0 Å². The molecule has 30 heavy (non-hydrogen) atoms. The largest absolute Gasteiger partial charge is 0.331 e. The van der Waals surface area contributed by atoms with Crippen LogP contribution in [-0.4, -0.2) is 31.9 Å². The predicted molar refractivity (Wildman–Crippen MR) is 123 cm³/mol. The van der Waals surface area contributed by atoms with Crippen LogP contribution in [0.2, 0.25) is 0 Å². The van der Waals surface area contributed by atoms with Crippen LogP contribution in [0.5, 0.6) is 0 Å². The zero-order valence-corrected chi connectivity index (χ0v) is 19.3. The minimum absolute atomic E-state index is 0.0509. The number of amides is 1. The highest BCUT2D eigenvalue weighted by molar-refractivity contribution is 9.10. The average Bonchev–Trinajstić information content (AvgIpc) is 3.37. The number of imidazole rings is 1. The van der Waals surface area contributed by atoms with E-state index in [1.54, 1.807) is 0 Å². The monoisotopic (exact) mass is 468 g/mol. The van der Waals surface area contributed by atoms with Gasteiger partial charge in [0.15, 0.2) is 5.65 Å². The van der Waals surface area contributed by atoms with E-state index in [9.17, 15) is 4.79 Å². The average molecular weight is 469 g/mol. The van der Waals surface area contributed by atoms with Crippen LogP contribution in [0, 0.1) is 5.92 Å². The molecular weight excluding hydrogens is 440 g/mol. The molecular formula is C24H29BrN4O. The van der Waals surface area contributed by atoms with Crippen LogP contribution in [0.4, 0.5) is 0 Å². The van der Waals surface area contributed by atoms with Gasteiger partial charge in [-0.1, -0.05) is 48.7 Å². The second kappa shape index (κ2) is 9.29. The highest BCUT2D eigenvalue weighted by Crippen LogP contribution is 2.33. The molecule has 0 N–H and O–H groups in total. The Labute approximate surface area is 186 Å². The van der Waals surface area contributed by atoms with Crippen molar-refractivity contribution in [1.29, 1.82) is 0 Å². The summed E-state index contributed by atoms with van der Waals surface area (Å²) >= 11 is 3.49. The molecule has 3 aromatic rings. The van der Waals surface area contributed by atoms with Gasteiger partial charge in [0.2, 0.25) is 0 Å². The third-order valence-corrected chi connectivity index (χ3v) is 6.37. The first kappa shape index (κ1) is 21.0. The number of rotatable bonds is 7. The summed E-state index contributed by atoms with van der Waals surface area (Å²) in [6.07, 6.45) is 7.58. The van der Waals surface area contributed by atoms with Gasteiger partial charge < -0.3 is 9.47 Å². The molecule has 6 heteroatoms. The van der Waals surface area contributed by atoms with Crippen LogP contribution < -0.4 is 0 Å². The number of nitrogens with zero attached hydrogens (tertiary/aromatic N) is 4. The van der Waals surface area contributed by atoms with Gasteiger partial charge in [-0.05, 0) is 55.5 Å². The van der Waals surface area contributed by atoms with E-state index < -0.39 is 0 Å². The number of carbonyl (C=O) groups is 1. The van der Waals surface area contributed by atoms with Gasteiger partial charge in [-0.15, -0.1) is 0 Å². The first-order valence-electron chi connectivity index (χ1n) is 10.9. The molecule has 4 rings (SSSR count). The van der Waals surface area contributed by atoms with Crippen molar-refractivity contribution >= 4 is 33.0 Å². The Morgan fingerprint density at radius 3 is 2.77 bits per heavy atom. The van der Waals surface area contributed by atoms with Crippen LogP contribution in [-0.2, 0) is 6.54 Å². The van der Waals surface area contributed by atoms with Crippen molar-refractivity contribution in [2.24, 2.45) is 5.92 Å². The van der Waals surface area contributed by atoms with Crippen LogP contribution in [0.1, 0.15) is 68.2 Å². The Balaban J connectivity index is 1.69. The minimum atomic E-state index is 0.0509. The fourth-order valence-corrected chi connectivity index (χ4v) is 4.67. The number of carbonyl (C=O) groups excluding carboxylic acids is 1. The molecule has 0 radical (unpaired) electrons. The first-order valence-corrected chi connectivity index (χ1v) is 11.7. The maximum absolute atomic E-state index is 13.4. The molecule has 0 aliphatic heterocycles. The number of fused-ring (bicyclic) bond motifs is 1. The van der Waals surface area contributed by atoms with Crippen molar-refractivity contribution in [2.75, 3.05) is 6.54 Å². The fourth-order valence-electron chi connectivity index (χ4n) is 4.28. The number of hydrogen-bond donors (Lipinski definition) is 0. The van der Waals surface area contributed by atoms with Crippen molar-refractivity contribution in [3.05, 3.63) is 58.5 Å². The lowest BCUT2D eigenvalue weighted by Crippen LogP contribution is -2.33. The Morgan fingerprint density at radius 1 is 1.23 bits per heavy atom.